The Bertz CT molecular complexity index is 1490. The van der Waals surface area contributed by atoms with Crippen molar-refractivity contribution >= 4 is 29.9 Å². The predicted molar refractivity (Wildman–Crippen MR) is 175 cm³/mol. The molecule has 0 aliphatic carbocycles. The molecule has 3 aromatic rings. The van der Waals surface area contributed by atoms with Gasteiger partial charge >= 0.3 is 12.2 Å². The van der Waals surface area contributed by atoms with Gasteiger partial charge in [0.25, 0.3) is 5.91 Å². The first-order chi connectivity index (χ1) is 22.7. The second-order valence-electron chi connectivity index (χ2n) is 10.5. The van der Waals surface area contributed by atoms with E-state index in [9.17, 15) is 24.0 Å². The zero-order valence-corrected chi connectivity index (χ0v) is 27.3. The van der Waals surface area contributed by atoms with Crippen molar-refractivity contribution in [3.05, 3.63) is 66.1 Å². The van der Waals surface area contributed by atoms with Crippen molar-refractivity contribution in [1.29, 1.82) is 0 Å². The highest BCUT2D eigenvalue weighted by atomic mass is 16.5. The summed E-state index contributed by atoms with van der Waals surface area (Å²) >= 11 is 0. The van der Waals surface area contributed by atoms with Crippen LogP contribution >= 0.6 is 0 Å². The van der Waals surface area contributed by atoms with Crippen LogP contribution in [0.4, 0.5) is 9.59 Å². The normalized spacial score (nSPS) is 10.5. The maximum Gasteiger partial charge on any atom is 0.407 e. The van der Waals surface area contributed by atoms with Gasteiger partial charge in [0.05, 0.1) is 32.7 Å². The molecule has 0 saturated carbocycles. The summed E-state index contributed by atoms with van der Waals surface area (Å²) in [6.45, 7) is 5.45. The summed E-state index contributed by atoms with van der Waals surface area (Å²) in [6.07, 6.45) is 1.87. The van der Waals surface area contributed by atoms with Crippen LogP contribution in [0.5, 0.6) is 0 Å². The molecule has 0 aliphatic rings. The topological polar surface area (TPSA) is 175 Å². The summed E-state index contributed by atoms with van der Waals surface area (Å²) in [5.41, 5.74) is 4.11. The number of amides is 5. The quantitative estimate of drug-likeness (QED) is 0.183. The van der Waals surface area contributed by atoms with E-state index in [4.69, 9.17) is 0 Å². The predicted octanol–water partition coefficient (Wildman–Crippen LogP) is 3.16. The fourth-order valence-corrected chi connectivity index (χ4v) is 4.69. The minimum Gasteiger partial charge on any atom is -0.453 e. The van der Waals surface area contributed by atoms with Gasteiger partial charge < -0.3 is 40.2 Å². The number of methoxy groups -OCH3 is 2. The van der Waals surface area contributed by atoms with Crippen LogP contribution in [0.2, 0.25) is 0 Å². The van der Waals surface area contributed by atoms with E-state index in [1.807, 2.05) is 50.2 Å². The van der Waals surface area contributed by atoms with Gasteiger partial charge in [0, 0.05) is 31.7 Å². The number of aromatic nitrogens is 2. The zero-order chi connectivity index (χ0) is 34.2. The third-order valence-corrected chi connectivity index (χ3v) is 7.14. The minimum atomic E-state index is -0.677. The van der Waals surface area contributed by atoms with Gasteiger partial charge in [-0.2, -0.15) is 0 Å². The number of hydrogen-bond acceptors (Lipinski definition) is 8. The van der Waals surface area contributed by atoms with Crippen LogP contribution in [0.1, 0.15) is 42.9 Å². The second kappa shape index (κ2) is 18.5. The number of nitrogens with zero attached hydrogens (tertiary/aromatic N) is 3. The van der Waals surface area contributed by atoms with E-state index >= 15 is 0 Å². The number of benzene rings is 2. The highest BCUT2D eigenvalue weighted by Crippen LogP contribution is 2.24. The summed E-state index contributed by atoms with van der Waals surface area (Å²) < 4.78 is 9.03. The number of rotatable bonds is 16. The Hall–Kier alpha value is -5.40. The van der Waals surface area contributed by atoms with Crippen molar-refractivity contribution in [2.45, 2.75) is 33.2 Å². The molecule has 2 aromatic carbocycles. The Labute approximate surface area is 274 Å². The largest absolute Gasteiger partial charge is 0.453 e. The van der Waals surface area contributed by atoms with Crippen molar-refractivity contribution in [3.63, 3.8) is 0 Å². The number of ether oxygens (including phenoxy) is 2. The van der Waals surface area contributed by atoms with Gasteiger partial charge in [-0.25, -0.2) is 14.6 Å². The van der Waals surface area contributed by atoms with Gasteiger partial charge in [0.2, 0.25) is 11.8 Å². The number of carbonyl (C=O) groups excluding carboxylic acids is 5. The number of imidazole rings is 1. The molecule has 4 N–H and O–H groups in total. The van der Waals surface area contributed by atoms with E-state index in [1.54, 1.807) is 28.1 Å². The fraction of sp³-hybridized carbons (Fsp3) is 0.394. The van der Waals surface area contributed by atoms with Crippen LogP contribution in [0, 0.1) is 0 Å². The van der Waals surface area contributed by atoms with Crippen molar-refractivity contribution in [3.8, 4) is 22.4 Å². The first-order valence-corrected chi connectivity index (χ1v) is 15.4. The highest BCUT2D eigenvalue weighted by Gasteiger charge is 2.17. The number of carbonyl (C=O) groups is 5. The lowest BCUT2D eigenvalue weighted by molar-refractivity contribution is -0.131. The molecule has 0 spiro atoms. The second-order valence-corrected chi connectivity index (χ2v) is 10.5. The summed E-state index contributed by atoms with van der Waals surface area (Å²) in [5, 5.41) is 7.64. The van der Waals surface area contributed by atoms with Crippen LogP contribution in [0.3, 0.4) is 0 Å². The van der Waals surface area contributed by atoms with E-state index in [0.29, 0.717) is 31.0 Å². The summed E-state index contributed by atoms with van der Waals surface area (Å²) in [5.74, 6) is -0.123. The minimum absolute atomic E-state index is 0.160. The monoisotopic (exact) mass is 649 g/mol. The molecule has 0 fully saturated rings. The van der Waals surface area contributed by atoms with Crippen molar-refractivity contribution < 1.29 is 33.4 Å². The molecule has 5 amide bonds. The van der Waals surface area contributed by atoms with Crippen molar-refractivity contribution in [2.24, 2.45) is 0 Å². The van der Waals surface area contributed by atoms with Crippen LogP contribution in [0.25, 0.3) is 22.4 Å². The molecule has 0 unspecified atom stereocenters. The summed E-state index contributed by atoms with van der Waals surface area (Å²) in [4.78, 5) is 71.3. The SMILES string of the molecule is CCCN(CCNC(=O)c1ccc(-c2ccc(-c3cnc(CN(CCC)C(=O)CNC(=O)OC)[nH]3)cc2)cc1)C(=O)CNC(=O)OC. The number of aromatic amines is 1. The molecule has 14 nitrogen and oxygen atoms in total. The molecular weight excluding hydrogens is 606 g/mol. The number of hydrogen-bond donors (Lipinski definition) is 4. The average molecular weight is 650 g/mol. The molecule has 3 rings (SSSR count). The standard InChI is InChI=1S/C33H43N7O7/c1-5-16-39(29(41)20-36-32(44)46-3)18-15-34-31(43)26-13-9-24(10-14-26)23-7-11-25(12-8-23)27-19-35-28(38-27)22-40(17-6-2)30(42)21-37-33(45)47-4/h7-14,19H,5-6,15-18,20-22H2,1-4H3,(H,34,43)(H,35,38)(H,36,44)(H,37,45). The Kier molecular flexibility index (Phi) is 14.2. The van der Waals surface area contributed by atoms with Crippen molar-refractivity contribution in [1.82, 2.24) is 35.7 Å². The molecular formula is C33H43N7O7. The third-order valence-electron chi connectivity index (χ3n) is 7.14. The van der Waals surface area contributed by atoms with E-state index < -0.39 is 12.2 Å². The Morgan fingerprint density at radius 1 is 0.702 bits per heavy atom. The summed E-state index contributed by atoms with van der Waals surface area (Å²) in [7, 11) is 2.47. The van der Waals surface area contributed by atoms with E-state index in [1.165, 1.54) is 14.2 Å². The highest BCUT2D eigenvalue weighted by molar-refractivity contribution is 5.94. The van der Waals surface area contributed by atoms with Crippen LogP contribution < -0.4 is 16.0 Å². The number of H-pyrrole nitrogens is 1. The Morgan fingerprint density at radius 3 is 1.77 bits per heavy atom. The van der Waals surface area contributed by atoms with Gasteiger partial charge in [-0.15, -0.1) is 0 Å². The molecule has 0 aliphatic heterocycles. The summed E-state index contributed by atoms with van der Waals surface area (Å²) in [6, 6.07) is 15.1. The Balaban J connectivity index is 1.55. The molecule has 0 bridgehead atoms. The lowest BCUT2D eigenvalue weighted by atomic mass is 10.0. The lowest BCUT2D eigenvalue weighted by Gasteiger charge is -2.22. The smallest absolute Gasteiger partial charge is 0.407 e. The first kappa shape index (κ1) is 36.1. The van der Waals surface area contributed by atoms with Gasteiger partial charge in [-0.3, -0.25) is 14.4 Å². The molecule has 252 valence electrons. The fourth-order valence-electron chi connectivity index (χ4n) is 4.69. The molecule has 1 heterocycles. The van der Waals surface area contributed by atoms with Crippen LogP contribution in [-0.4, -0.2) is 103 Å². The maximum absolute atomic E-state index is 12.7. The lowest BCUT2D eigenvalue weighted by Crippen LogP contribution is -2.44. The van der Waals surface area contributed by atoms with E-state index in [2.05, 4.69) is 35.4 Å². The number of nitrogens with one attached hydrogen (secondary N) is 4. The van der Waals surface area contributed by atoms with Gasteiger partial charge in [-0.1, -0.05) is 50.2 Å². The van der Waals surface area contributed by atoms with Gasteiger partial charge in [0.15, 0.2) is 0 Å². The molecule has 1 aromatic heterocycles. The van der Waals surface area contributed by atoms with Crippen LogP contribution in [-0.2, 0) is 25.6 Å². The maximum atomic E-state index is 12.7. The molecule has 14 heteroatoms. The van der Waals surface area contributed by atoms with Gasteiger partial charge in [0.1, 0.15) is 18.9 Å². The third kappa shape index (κ3) is 11.2. The molecule has 0 saturated heterocycles. The van der Waals surface area contributed by atoms with E-state index in [0.717, 1.165) is 35.2 Å². The van der Waals surface area contributed by atoms with Crippen molar-refractivity contribution in [2.75, 3.05) is 53.5 Å². The van der Waals surface area contributed by atoms with Crippen LogP contribution in [0.15, 0.2) is 54.7 Å². The van der Waals surface area contributed by atoms with Gasteiger partial charge in [-0.05, 0) is 41.7 Å². The average Bonchev–Trinajstić information content (AvgIpc) is 3.57. The molecule has 47 heavy (non-hydrogen) atoms. The first-order valence-electron chi connectivity index (χ1n) is 15.4. The Morgan fingerprint density at radius 2 is 1.21 bits per heavy atom. The number of alkyl carbamates (subject to hydrolysis) is 2. The molecule has 0 radical (unpaired) electrons. The molecule has 0 atom stereocenters. The zero-order valence-electron chi connectivity index (χ0n) is 27.3. The van der Waals surface area contributed by atoms with E-state index in [-0.39, 0.29) is 43.9 Å².